The number of aryl methyl sites for hydroxylation is 3. The van der Waals surface area contributed by atoms with Gasteiger partial charge in [0.2, 0.25) is 0 Å². The standard InChI is InChI=1S/C14H20N2/c1-9-7-12-15-11(3)13(14(4,5)6)16(12)8-10(9)2/h7-8H,1-6H3. The molecule has 2 aromatic rings. The number of fused-ring (bicyclic) bond motifs is 1. The first-order valence-electron chi connectivity index (χ1n) is 5.77. The Morgan fingerprint density at radius 2 is 1.69 bits per heavy atom. The summed E-state index contributed by atoms with van der Waals surface area (Å²) in [5, 5.41) is 0. The number of aromatic nitrogens is 2. The molecule has 0 radical (unpaired) electrons. The lowest BCUT2D eigenvalue weighted by molar-refractivity contribution is 0.559. The van der Waals surface area contributed by atoms with E-state index in [1.165, 1.54) is 16.8 Å². The number of hydrogen-bond acceptors (Lipinski definition) is 1. The lowest BCUT2D eigenvalue weighted by Crippen LogP contribution is -2.15. The van der Waals surface area contributed by atoms with Crippen molar-refractivity contribution in [3.8, 4) is 0 Å². The molecular weight excluding hydrogens is 196 g/mol. The van der Waals surface area contributed by atoms with Gasteiger partial charge in [-0.05, 0) is 38.0 Å². The summed E-state index contributed by atoms with van der Waals surface area (Å²) >= 11 is 0. The maximum Gasteiger partial charge on any atom is 0.137 e. The molecule has 0 aliphatic heterocycles. The molecule has 0 amide bonds. The van der Waals surface area contributed by atoms with Gasteiger partial charge in [-0.3, -0.25) is 0 Å². The van der Waals surface area contributed by atoms with Crippen LogP contribution in [0.4, 0.5) is 0 Å². The summed E-state index contributed by atoms with van der Waals surface area (Å²) < 4.78 is 2.23. The van der Waals surface area contributed by atoms with Gasteiger partial charge in [-0.1, -0.05) is 20.8 Å². The first-order chi connectivity index (χ1) is 7.30. The minimum atomic E-state index is 0.130. The van der Waals surface area contributed by atoms with Gasteiger partial charge in [-0.15, -0.1) is 0 Å². The van der Waals surface area contributed by atoms with E-state index in [4.69, 9.17) is 0 Å². The van der Waals surface area contributed by atoms with Crippen LogP contribution >= 0.6 is 0 Å². The van der Waals surface area contributed by atoms with Crippen molar-refractivity contribution in [3.63, 3.8) is 0 Å². The minimum absolute atomic E-state index is 0.130. The van der Waals surface area contributed by atoms with E-state index in [-0.39, 0.29) is 5.41 Å². The van der Waals surface area contributed by atoms with Gasteiger partial charge in [0, 0.05) is 11.6 Å². The van der Waals surface area contributed by atoms with E-state index in [0.29, 0.717) is 0 Å². The first kappa shape index (κ1) is 11.2. The van der Waals surface area contributed by atoms with Crippen LogP contribution in [0.3, 0.4) is 0 Å². The average molecular weight is 216 g/mol. The molecule has 0 fully saturated rings. The maximum absolute atomic E-state index is 4.64. The fourth-order valence-electron chi connectivity index (χ4n) is 2.31. The number of nitrogens with zero attached hydrogens (tertiary/aromatic N) is 2. The minimum Gasteiger partial charge on any atom is -0.303 e. The van der Waals surface area contributed by atoms with Crippen LogP contribution in [0, 0.1) is 20.8 Å². The molecule has 0 spiro atoms. The molecule has 2 rings (SSSR count). The Bertz CT molecular complexity index is 542. The summed E-state index contributed by atoms with van der Waals surface area (Å²) in [4.78, 5) is 4.64. The molecule has 0 aliphatic rings. The van der Waals surface area contributed by atoms with Gasteiger partial charge in [-0.2, -0.15) is 0 Å². The first-order valence-corrected chi connectivity index (χ1v) is 5.77. The Balaban J connectivity index is 2.84. The summed E-state index contributed by atoms with van der Waals surface area (Å²) in [5.41, 5.74) is 6.26. The lowest BCUT2D eigenvalue weighted by Gasteiger charge is -2.19. The van der Waals surface area contributed by atoms with Gasteiger partial charge in [0.05, 0.1) is 11.4 Å². The molecule has 86 valence electrons. The number of imidazole rings is 1. The van der Waals surface area contributed by atoms with E-state index in [1.807, 2.05) is 0 Å². The summed E-state index contributed by atoms with van der Waals surface area (Å²) in [5.74, 6) is 0. The molecule has 0 N–H and O–H groups in total. The monoisotopic (exact) mass is 216 g/mol. The van der Waals surface area contributed by atoms with Crippen molar-refractivity contribution in [3.05, 3.63) is 34.8 Å². The molecule has 2 heteroatoms. The number of rotatable bonds is 0. The quantitative estimate of drug-likeness (QED) is 0.658. The highest BCUT2D eigenvalue weighted by Gasteiger charge is 2.22. The topological polar surface area (TPSA) is 17.3 Å². The highest BCUT2D eigenvalue weighted by molar-refractivity contribution is 5.49. The van der Waals surface area contributed by atoms with Gasteiger partial charge in [0.1, 0.15) is 5.65 Å². The number of pyridine rings is 1. The SMILES string of the molecule is Cc1cc2nc(C)c(C(C)(C)C)n2cc1C. The number of hydrogen-bond donors (Lipinski definition) is 0. The molecule has 2 aromatic heterocycles. The van der Waals surface area contributed by atoms with Crippen molar-refractivity contribution in [2.45, 2.75) is 47.0 Å². The highest BCUT2D eigenvalue weighted by atomic mass is 15.0. The van der Waals surface area contributed by atoms with Crippen LogP contribution in [-0.4, -0.2) is 9.38 Å². The smallest absolute Gasteiger partial charge is 0.137 e. The van der Waals surface area contributed by atoms with Crippen LogP contribution in [0.15, 0.2) is 12.3 Å². The van der Waals surface area contributed by atoms with Crippen LogP contribution in [0.5, 0.6) is 0 Å². The van der Waals surface area contributed by atoms with Crippen LogP contribution in [0.2, 0.25) is 0 Å². The Morgan fingerprint density at radius 3 is 2.25 bits per heavy atom. The molecule has 0 aliphatic carbocycles. The van der Waals surface area contributed by atoms with Crippen LogP contribution < -0.4 is 0 Å². The fourth-order valence-corrected chi connectivity index (χ4v) is 2.31. The zero-order valence-corrected chi connectivity index (χ0v) is 11.0. The highest BCUT2D eigenvalue weighted by Crippen LogP contribution is 2.27. The fraction of sp³-hybridized carbons (Fsp3) is 0.500. The van der Waals surface area contributed by atoms with Crippen molar-refractivity contribution >= 4 is 5.65 Å². The zero-order chi connectivity index (χ0) is 12.1. The van der Waals surface area contributed by atoms with E-state index in [2.05, 4.69) is 63.2 Å². The second-order valence-corrected chi connectivity index (χ2v) is 5.66. The van der Waals surface area contributed by atoms with Gasteiger partial charge in [0.15, 0.2) is 0 Å². The van der Waals surface area contributed by atoms with Crippen LogP contribution in [0.25, 0.3) is 5.65 Å². The molecule has 0 saturated carbocycles. The normalized spacial score (nSPS) is 12.4. The molecule has 0 bridgehead atoms. The molecule has 2 nitrogen and oxygen atoms in total. The van der Waals surface area contributed by atoms with Crippen molar-refractivity contribution in [2.75, 3.05) is 0 Å². The average Bonchev–Trinajstić information content (AvgIpc) is 2.40. The molecule has 16 heavy (non-hydrogen) atoms. The Morgan fingerprint density at radius 1 is 1.06 bits per heavy atom. The lowest BCUT2D eigenvalue weighted by atomic mass is 9.91. The van der Waals surface area contributed by atoms with Gasteiger partial charge >= 0.3 is 0 Å². The molecule has 2 heterocycles. The Kier molecular flexibility index (Phi) is 2.33. The third-order valence-electron chi connectivity index (χ3n) is 3.11. The van der Waals surface area contributed by atoms with Crippen molar-refractivity contribution < 1.29 is 0 Å². The summed E-state index contributed by atoms with van der Waals surface area (Å²) in [6.07, 6.45) is 2.20. The molecule has 0 unspecified atom stereocenters. The largest absolute Gasteiger partial charge is 0.303 e. The van der Waals surface area contributed by atoms with Crippen molar-refractivity contribution in [2.24, 2.45) is 0 Å². The Hall–Kier alpha value is -1.31. The van der Waals surface area contributed by atoms with Crippen LogP contribution in [0.1, 0.15) is 43.3 Å². The maximum atomic E-state index is 4.64. The van der Waals surface area contributed by atoms with E-state index >= 15 is 0 Å². The predicted octanol–water partition coefficient (Wildman–Crippen LogP) is 3.56. The summed E-state index contributed by atoms with van der Waals surface area (Å²) in [6.45, 7) is 13.1. The molecule has 0 atom stereocenters. The second-order valence-electron chi connectivity index (χ2n) is 5.66. The molecule has 0 aromatic carbocycles. The molecular formula is C14H20N2. The third-order valence-corrected chi connectivity index (χ3v) is 3.11. The third kappa shape index (κ3) is 1.62. The van der Waals surface area contributed by atoms with Crippen molar-refractivity contribution in [1.82, 2.24) is 9.38 Å². The predicted molar refractivity (Wildman–Crippen MR) is 68.1 cm³/mol. The zero-order valence-electron chi connectivity index (χ0n) is 11.0. The van der Waals surface area contributed by atoms with Gasteiger partial charge < -0.3 is 4.40 Å². The van der Waals surface area contributed by atoms with E-state index in [0.717, 1.165) is 11.3 Å². The van der Waals surface area contributed by atoms with Gasteiger partial charge in [-0.25, -0.2) is 4.98 Å². The molecule has 0 saturated heterocycles. The van der Waals surface area contributed by atoms with Crippen LogP contribution in [-0.2, 0) is 5.41 Å². The summed E-state index contributed by atoms with van der Waals surface area (Å²) in [7, 11) is 0. The Labute approximate surface area is 97.3 Å². The van der Waals surface area contributed by atoms with E-state index in [9.17, 15) is 0 Å². The van der Waals surface area contributed by atoms with Gasteiger partial charge in [0.25, 0.3) is 0 Å². The van der Waals surface area contributed by atoms with E-state index < -0.39 is 0 Å². The summed E-state index contributed by atoms with van der Waals surface area (Å²) in [6, 6.07) is 2.16. The second kappa shape index (κ2) is 3.34. The van der Waals surface area contributed by atoms with Crippen molar-refractivity contribution in [1.29, 1.82) is 0 Å². The van der Waals surface area contributed by atoms with E-state index in [1.54, 1.807) is 0 Å².